The van der Waals surface area contributed by atoms with Gasteiger partial charge in [-0.2, -0.15) is 8.78 Å². The summed E-state index contributed by atoms with van der Waals surface area (Å²) >= 11 is 0. The number of halogens is 2. The molecule has 0 saturated heterocycles. The number of anilines is 1. The van der Waals surface area contributed by atoms with Gasteiger partial charge < -0.3 is 15.8 Å². The van der Waals surface area contributed by atoms with E-state index in [9.17, 15) is 8.78 Å². The second-order valence-corrected chi connectivity index (χ2v) is 4.72. The van der Waals surface area contributed by atoms with Crippen LogP contribution in [0.4, 0.5) is 14.5 Å². The van der Waals surface area contributed by atoms with Gasteiger partial charge in [0.2, 0.25) is 0 Å². The van der Waals surface area contributed by atoms with Crippen molar-refractivity contribution in [1.29, 1.82) is 0 Å². The van der Waals surface area contributed by atoms with Gasteiger partial charge in [0.05, 0.1) is 6.04 Å². The van der Waals surface area contributed by atoms with Crippen molar-refractivity contribution in [2.24, 2.45) is 5.73 Å². The quantitative estimate of drug-likeness (QED) is 0.853. The molecule has 0 spiro atoms. The van der Waals surface area contributed by atoms with E-state index in [1.807, 2.05) is 31.2 Å². The molecule has 1 unspecified atom stereocenters. The maximum atomic E-state index is 12.5. The minimum absolute atomic E-state index is 0.142. The van der Waals surface area contributed by atoms with E-state index >= 15 is 0 Å². The van der Waals surface area contributed by atoms with E-state index in [0.29, 0.717) is 5.56 Å². The molecule has 0 radical (unpaired) electrons. The number of ether oxygens (including phenoxy) is 1. The van der Waals surface area contributed by atoms with E-state index in [0.717, 1.165) is 11.3 Å². The third kappa shape index (κ3) is 4.16. The van der Waals surface area contributed by atoms with Crippen LogP contribution in [0.25, 0.3) is 0 Å². The zero-order chi connectivity index (χ0) is 15.2. The summed E-state index contributed by atoms with van der Waals surface area (Å²) in [6, 6.07) is 14.2. The Bertz CT molecular complexity index is 590. The number of nitrogens with two attached hydrogens (primary N) is 1. The lowest BCUT2D eigenvalue weighted by atomic mass is 10.0. The van der Waals surface area contributed by atoms with Crippen molar-refractivity contribution in [2.45, 2.75) is 19.6 Å². The average molecular weight is 292 g/mol. The fourth-order valence-electron chi connectivity index (χ4n) is 2.17. The van der Waals surface area contributed by atoms with E-state index in [2.05, 4.69) is 10.1 Å². The summed E-state index contributed by atoms with van der Waals surface area (Å²) in [6.45, 7) is -0.614. The minimum Gasteiger partial charge on any atom is -0.434 e. The molecular formula is C16H18F2N2O. The predicted octanol–water partition coefficient (Wildman–Crippen LogP) is 3.71. The molecule has 0 aliphatic carbocycles. The van der Waals surface area contributed by atoms with Gasteiger partial charge in [0.15, 0.2) is 0 Å². The second kappa shape index (κ2) is 7.04. The van der Waals surface area contributed by atoms with Gasteiger partial charge >= 0.3 is 6.61 Å². The number of benzene rings is 2. The molecule has 1 atom stereocenters. The summed E-state index contributed by atoms with van der Waals surface area (Å²) in [5.74, 6) is 0.142. The van der Waals surface area contributed by atoms with E-state index in [4.69, 9.17) is 5.73 Å². The molecule has 0 fully saturated rings. The Morgan fingerprint density at radius 1 is 1.14 bits per heavy atom. The van der Waals surface area contributed by atoms with Crippen LogP contribution in [-0.4, -0.2) is 13.2 Å². The minimum atomic E-state index is -2.86. The normalized spacial score (nSPS) is 12.2. The van der Waals surface area contributed by atoms with Crippen LogP contribution in [0.2, 0.25) is 0 Å². The number of hydrogen-bond donors (Lipinski definition) is 2. The van der Waals surface area contributed by atoms with Crippen molar-refractivity contribution in [2.75, 3.05) is 11.9 Å². The lowest BCUT2D eigenvalue weighted by Crippen LogP contribution is -2.21. The van der Waals surface area contributed by atoms with Gasteiger partial charge in [-0.3, -0.25) is 0 Å². The second-order valence-electron chi connectivity index (χ2n) is 4.72. The summed E-state index contributed by atoms with van der Waals surface area (Å²) < 4.78 is 29.5. The molecule has 21 heavy (non-hydrogen) atoms. The first-order valence-electron chi connectivity index (χ1n) is 6.67. The summed E-state index contributed by atoms with van der Waals surface area (Å²) in [4.78, 5) is 0. The zero-order valence-corrected chi connectivity index (χ0v) is 11.7. The number of para-hydroxylation sites is 1. The monoisotopic (exact) mass is 292 g/mol. The van der Waals surface area contributed by atoms with Crippen LogP contribution >= 0.6 is 0 Å². The first-order valence-corrected chi connectivity index (χ1v) is 6.67. The van der Waals surface area contributed by atoms with Crippen molar-refractivity contribution in [3.63, 3.8) is 0 Å². The van der Waals surface area contributed by atoms with Gasteiger partial charge in [-0.05, 0) is 30.7 Å². The number of nitrogens with one attached hydrogen (secondary N) is 1. The molecule has 0 heterocycles. The molecule has 0 bridgehead atoms. The van der Waals surface area contributed by atoms with Crippen molar-refractivity contribution in [3.8, 4) is 5.75 Å². The Hall–Kier alpha value is -2.14. The number of rotatable bonds is 6. The number of alkyl halides is 2. The maximum absolute atomic E-state index is 12.5. The molecule has 0 amide bonds. The van der Waals surface area contributed by atoms with Crippen LogP contribution in [0.1, 0.15) is 17.2 Å². The van der Waals surface area contributed by atoms with Gasteiger partial charge in [-0.25, -0.2) is 0 Å². The molecule has 0 aliphatic rings. The van der Waals surface area contributed by atoms with Gasteiger partial charge in [-0.15, -0.1) is 0 Å². The fraction of sp³-hybridized carbons (Fsp3) is 0.250. The molecule has 2 rings (SSSR count). The first-order chi connectivity index (χ1) is 10.1. The number of aryl methyl sites for hydroxylation is 1. The van der Waals surface area contributed by atoms with Crippen LogP contribution in [0.15, 0.2) is 48.5 Å². The summed E-state index contributed by atoms with van der Waals surface area (Å²) in [5.41, 5.74) is 8.39. The molecule has 0 aliphatic heterocycles. The highest BCUT2D eigenvalue weighted by Crippen LogP contribution is 2.28. The average Bonchev–Trinajstić information content (AvgIpc) is 2.45. The molecular weight excluding hydrogens is 274 g/mol. The highest BCUT2D eigenvalue weighted by Gasteiger charge is 2.17. The topological polar surface area (TPSA) is 47.3 Å². The van der Waals surface area contributed by atoms with Gasteiger partial charge in [-0.1, -0.05) is 30.3 Å². The molecule has 0 aromatic heterocycles. The fourth-order valence-corrected chi connectivity index (χ4v) is 2.17. The summed E-state index contributed by atoms with van der Waals surface area (Å²) in [5, 5.41) is 3.25. The lowest BCUT2D eigenvalue weighted by Gasteiger charge is -2.21. The molecule has 0 saturated carbocycles. The SMILES string of the molecule is Cc1cccc(NC(CN)c2ccccc2OC(F)F)c1. The van der Waals surface area contributed by atoms with E-state index < -0.39 is 6.61 Å². The predicted molar refractivity (Wildman–Crippen MR) is 79.7 cm³/mol. The highest BCUT2D eigenvalue weighted by molar-refractivity contribution is 5.49. The Labute approximate surface area is 122 Å². The molecule has 3 N–H and O–H groups in total. The Balaban J connectivity index is 2.25. The van der Waals surface area contributed by atoms with Crippen molar-refractivity contribution < 1.29 is 13.5 Å². The van der Waals surface area contributed by atoms with Crippen LogP contribution in [-0.2, 0) is 0 Å². The molecule has 5 heteroatoms. The third-order valence-electron chi connectivity index (χ3n) is 3.11. The number of hydrogen-bond acceptors (Lipinski definition) is 3. The first kappa shape index (κ1) is 15.3. The lowest BCUT2D eigenvalue weighted by molar-refractivity contribution is -0.0505. The van der Waals surface area contributed by atoms with Gasteiger partial charge in [0.1, 0.15) is 5.75 Å². The van der Waals surface area contributed by atoms with Crippen LogP contribution < -0.4 is 15.8 Å². The van der Waals surface area contributed by atoms with Gasteiger partial charge in [0.25, 0.3) is 0 Å². The van der Waals surface area contributed by atoms with Crippen molar-refractivity contribution >= 4 is 5.69 Å². The Morgan fingerprint density at radius 2 is 1.90 bits per heavy atom. The van der Waals surface area contributed by atoms with Crippen LogP contribution in [0.3, 0.4) is 0 Å². The van der Waals surface area contributed by atoms with Gasteiger partial charge in [0, 0.05) is 17.8 Å². The Morgan fingerprint density at radius 3 is 2.57 bits per heavy atom. The van der Waals surface area contributed by atoms with Crippen LogP contribution in [0.5, 0.6) is 5.75 Å². The maximum Gasteiger partial charge on any atom is 0.387 e. The highest BCUT2D eigenvalue weighted by atomic mass is 19.3. The molecule has 2 aromatic rings. The van der Waals surface area contributed by atoms with E-state index in [-0.39, 0.29) is 18.3 Å². The summed E-state index contributed by atoms with van der Waals surface area (Å²) in [7, 11) is 0. The van der Waals surface area contributed by atoms with Crippen molar-refractivity contribution in [1.82, 2.24) is 0 Å². The third-order valence-corrected chi connectivity index (χ3v) is 3.11. The molecule has 3 nitrogen and oxygen atoms in total. The van der Waals surface area contributed by atoms with E-state index in [1.165, 1.54) is 6.07 Å². The van der Waals surface area contributed by atoms with Crippen molar-refractivity contribution in [3.05, 3.63) is 59.7 Å². The summed E-state index contributed by atoms with van der Waals surface area (Å²) in [6.07, 6.45) is 0. The van der Waals surface area contributed by atoms with Crippen LogP contribution in [0, 0.1) is 6.92 Å². The molecule has 112 valence electrons. The largest absolute Gasteiger partial charge is 0.434 e. The van der Waals surface area contributed by atoms with E-state index in [1.54, 1.807) is 18.2 Å². The Kier molecular flexibility index (Phi) is 5.11. The molecule has 2 aromatic carbocycles. The standard InChI is InChI=1S/C16H18F2N2O/c1-11-5-4-6-12(9-11)20-14(10-19)13-7-2-3-8-15(13)21-16(17)18/h2-9,14,16,20H,10,19H2,1H3. The smallest absolute Gasteiger partial charge is 0.387 e. The zero-order valence-electron chi connectivity index (χ0n) is 11.7.